The molecule has 3 amide bonds. The highest BCUT2D eigenvalue weighted by molar-refractivity contribution is 9.10. The van der Waals surface area contributed by atoms with Crippen LogP contribution in [0.2, 0.25) is 0 Å². The Balaban J connectivity index is 1.80. The molecule has 2 N–H and O–H groups in total. The lowest BCUT2D eigenvalue weighted by Gasteiger charge is -2.21. The van der Waals surface area contributed by atoms with Crippen molar-refractivity contribution in [2.75, 3.05) is 11.4 Å². The topological polar surface area (TPSA) is 112 Å². The Labute approximate surface area is 189 Å². The van der Waals surface area contributed by atoms with Gasteiger partial charge in [0.1, 0.15) is 5.75 Å². The molecule has 2 aromatic rings. The van der Waals surface area contributed by atoms with Crippen LogP contribution in [0.3, 0.4) is 0 Å². The fourth-order valence-corrected chi connectivity index (χ4v) is 2.99. The molecule has 2 aromatic carbocycles. The maximum atomic E-state index is 12.6. The van der Waals surface area contributed by atoms with Crippen molar-refractivity contribution in [3.63, 3.8) is 0 Å². The van der Waals surface area contributed by atoms with Crippen LogP contribution in [0.1, 0.15) is 26.2 Å². The van der Waals surface area contributed by atoms with E-state index in [9.17, 15) is 14.4 Å². The van der Waals surface area contributed by atoms with Crippen molar-refractivity contribution >= 4 is 39.3 Å². The molecule has 0 spiro atoms. The Bertz CT molecular complexity index is 946. The number of rotatable bonds is 9. The molecule has 0 saturated carbocycles. The number of ether oxygens (including phenoxy) is 1. The largest absolute Gasteiger partial charge is 0.481 e. The van der Waals surface area contributed by atoms with Crippen LogP contribution in [0, 0.1) is 11.3 Å². The van der Waals surface area contributed by atoms with Gasteiger partial charge in [-0.2, -0.15) is 5.26 Å². The first kappa shape index (κ1) is 23.9. The fourth-order valence-electron chi connectivity index (χ4n) is 2.62. The molecule has 0 aliphatic carbocycles. The number of halogens is 1. The fraction of sp³-hybridized carbons (Fsp3) is 0.273. The highest BCUT2D eigenvalue weighted by Crippen LogP contribution is 2.19. The summed E-state index contributed by atoms with van der Waals surface area (Å²) in [6, 6.07) is 18.0. The molecule has 162 valence electrons. The van der Waals surface area contributed by atoms with Crippen LogP contribution in [-0.4, -0.2) is 30.4 Å². The van der Waals surface area contributed by atoms with Crippen LogP contribution in [0.25, 0.3) is 0 Å². The van der Waals surface area contributed by atoms with E-state index in [2.05, 4.69) is 26.8 Å². The summed E-state index contributed by atoms with van der Waals surface area (Å²) >= 11 is 3.32. The summed E-state index contributed by atoms with van der Waals surface area (Å²) in [4.78, 5) is 38.2. The van der Waals surface area contributed by atoms with Crippen molar-refractivity contribution in [3.8, 4) is 11.8 Å². The van der Waals surface area contributed by atoms with Crippen LogP contribution < -0.4 is 20.5 Å². The highest BCUT2D eigenvalue weighted by Gasteiger charge is 2.18. The highest BCUT2D eigenvalue weighted by atomic mass is 79.9. The molecule has 0 heterocycles. The van der Waals surface area contributed by atoms with Crippen molar-refractivity contribution in [1.82, 2.24) is 10.9 Å². The van der Waals surface area contributed by atoms with Crippen molar-refractivity contribution < 1.29 is 19.1 Å². The molecule has 9 heteroatoms. The van der Waals surface area contributed by atoms with Gasteiger partial charge in [-0.25, -0.2) is 0 Å². The molecule has 0 saturated heterocycles. The van der Waals surface area contributed by atoms with E-state index in [1.54, 1.807) is 49.4 Å². The zero-order valence-corrected chi connectivity index (χ0v) is 18.6. The van der Waals surface area contributed by atoms with Gasteiger partial charge >= 0.3 is 0 Å². The minimum absolute atomic E-state index is 0.0634. The van der Waals surface area contributed by atoms with E-state index in [4.69, 9.17) is 10.00 Å². The van der Waals surface area contributed by atoms with Gasteiger partial charge in [0, 0.05) is 29.5 Å². The minimum atomic E-state index is -0.837. The lowest BCUT2D eigenvalue weighted by Crippen LogP contribution is -2.47. The average molecular weight is 487 g/mol. The number of carbonyl (C=O) groups excluding carboxylic acids is 3. The van der Waals surface area contributed by atoms with E-state index >= 15 is 0 Å². The molecule has 31 heavy (non-hydrogen) atoms. The maximum Gasteiger partial charge on any atom is 0.279 e. The van der Waals surface area contributed by atoms with Crippen LogP contribution >= 0.6 is 15.9 Å². The zero-order chi connectivity index (χ0) is 22.6. The smallest absolute Gasteiger partial charge is 0.279 e. The summed E-state index contributed by atoms with van der Waals surface area (Å²) in [5, 5.41) is 8.83. The quantitative estimate of drug-likeness (QED) is 0.528. The second-order valence-electron chi connectivity index (χ2n) is 6.54. The predicted octanol–water partition coefficient (Wildman–Crippen LogP) is 3.09. The molecule has 0 aliphatic heterocycles. The first-order valence-electron chi connectivity index (χ1n) is 9.64. The molecule has 0 fully saturated rings. The number of benzene rings is 2. The SMILES string of the molecule is CC(Oc1cccc(Br)c1)C(=O)NNC(=O)CCC(=O)N(CCC#N)c1ccccc1. The number of amides is 3. The second kappa shape index (κ2) is 12.3. The Kier molecular flexibility index (Phi) is 9.52. The van der Waals surface area contributed by atoms with Gasteiger partial charge in [0.15, 0.2) is 6.10 Å². The van der Waals surface area contributed by atoms with E-state index in [0.717, 1.165) is 4.47 Å². The first-order chi connectivity index (χ1) is 14.9. The number of hydrazine groups is 1. The first-order valence-corrected chi connectivity index (χ1v) is 10.4. The van der Waals surface area contributed by atoms with Crippen molar-refractivity contribution in [3.05, 3.63) is 59.1 Å². The Morgan fingerprint density at radius 2 is 1.84 bits per heavy atom. The molecular weight excluding hydrogens is 464 g/mol. The number of carbonyl (C=O) groups is 3. The van der Waals surface area contributed by atoms with Crippen molar-refractivity contribution in [2.24, 2.45) is 0 Å². The Morgan fingerprint density at radius 1 is 1.10 bits per heavy atom. The number of nitrogens with zero attached hydrogens (tertiary/aromatic N) is 2. The lowest BCUT2D eigenvalue weighted by atomic mass is 10.2. The number of nitrogens with one attached hydrogen (secondary N) is 2. The van der Waals surface area contributed by atoms with Crippen molar-refractivity contribution in [2.45, 2.75) is 32.3 Å². The van der Waals surface area contributed by atoms with Gasteiger partial charge < -0.3 is 9.64 Å². The lowest BCUT2D eigenvalue weighted by molar-refractivity contribution is -0.133. The van der Waals surface area contributed by atoms with Crippen LogP contribution in [-0.2, 0) is 14.4 Å². The molecule has 0 aliphatic rings. The van der Waals surface area contributed by atoms with Gasteiger partial charge in [-0.05, 0) is 37.3 Å². The summed E-state index contributed by atoms with van der Waals surface area (Å²) in [6.45, 7) is 1.79. The normalized spacial score (nSPS) is 11.0. The Hall–Kier alpha value is -3.38. The average Bonchev–Trinajstić information content (AvgIpc) is 2.77. The summed E-state index contributed by atoms with van der Waals surface area (Å²) in [7, 11) is 0. The molecule has 0 radical (unpaired) electrons. The number of nitriles is 1. The van der Waals surface area contributed by atoms with E-state index in [0.29, 0.717) is 11.4 Å². The van der Waals surface area contributed by atoms with Crippen LogP contribution in [0.4, 0.5) is 5.69 Å². The molecular formula is C22H23BrN4O4. The number of anilines is 1. The molecule has 1 atom stereocenters. The number of hydrogen-bond donors (Lipinski definition) is 2. The third-order valence-electron chi connectivity index (χ3n) is 4.19. The monoisotopic (exact) mass is 486 g/mol. The van der Waals surface area contributed by atoms with Crippen LogP contribution in [0.5, 0.6) is 5.75 Å². The molecule has 1 unspecified atom stereocenters. The van der Waals surface area contributed by atoms with E-state index < -0.39 is 17.9 Å². The third-order valence-corrected chi connectivity index (χ3v) is 4.68. The maximum absolute atomic E-state index is 12.6. The predicted molar refractivity (Wildman–Crippen MR) is 119 cm³/mol. The van der Waals surface area contributed by atoms with E-state index in [1.807, 2.05) is 18.2 Å². The van der Waals surface area contributed by atoms with Crippen LogP contribution in [0.15, 0.2) is 59.1 Å². The van der Waals surface area contributed by atoms with Gasteiger partial charge in [0.25, 0.3) is 5.91 Å². The van der Waals surface area contributed by atoms with E-state index in [1.165, 1.54) is 4.90 Å². The summed E-state index contributed by atoms with van der Waals surface area (Å²) in [6.07, 6.45) is -0.836. The van der Waals surface area contributed by atoms with Gasteiger partial charge in [-0.3, -0.25) is 25.2 Å². The summed E-state index contributed by atoms with van der Waals surface area (Å²) < 4.78 is 6.34. The number of hydrogen-bond acceptors (Lipinski definition) is 5. The molecule has 0 bridgehead atoms. The summed E-state index contributed by atoms with van der Waals surface area (Å²) in [5.41, 5.74) is 5.24. The molecule has 8 nitrogen and oxygen atoms in total. The van der Waals surface area contributed by atoms with Gasteiger partial charge in [0.05, 0.1) is 12.5 Å². The van der Waals surface area contributed by atoms with E-state index in [-0.39, 0.29) is 31.7 Å². The minimum Gasteiger partial charge on any atom is -0.481 e. The standard InChI is InChI=1S/C22H23BrN4O4/c1-16(31-19-10-5-7-17(23)15-19)22(30)26-25-20(28)11-12-21(29)27(14-6-13-24)18-8-3-2-4-9-18/h2-5,7-10,15-16H,6,11-12,14H2,1H3,(H,25,28)(H,26,30). The molecule has 2 rings (SSSR count). The third kappa shape index (κ3) is 8.10. The van der Waals surface area contributed by atoms with Gasteiger partial charge in [-0.15, -0.1) is 0 Å². The zero-order valence-electron chi connectivity index (χ0n) is 17.0. The number of para-hydroxylation sites is 1. The second-order valence-corrected chi connectivity index (χ2v) is 7.46. The summed E-state index contributed by atoms with van der Waals surface area (Å²) in [5.74, 6) is -0.814. The van der Waals surface area contributed by atoms with Gasteiger partial charge in [-0.1, -0.05) is 40.2 Å². The molecule has 0 aromatic heterocycles. The van der Waals surface area contributed by atoms with Crippen molar-refractivity contribution in [1.29, 1.82) is 5.26 Å². The van der Waals surface area contributed by atoms with Gasteiger partial charge in [0.2, 0.25) is 11.8 Å². The Morgan fingerprint density at radius 3 is 2.52 bits per heavy atom.